The molecule has 0 radical (unpaired) electrons. The highest BCUT2D eigenvalue weighted by atomic mass is 35.5. The first-order valence-corrected chi connectivity index (χ1v) is 7.61. The molecular weight excluding hydrogens is 342 g/mol. The summed E-state index contributed by atoms with van der Waals surface area (Å²) >= 11 is 5.06. The molecule has 0 fully saturated rings. The zero-order valence-corrected chi connectivity index (χ0v) is 13.7. The van der Waals surface area contributed by atoms with E-state index < -0.39 is 17.2 Å². The fourth-order valence-electron chi connectivity index (χ4n) is 2.08. The predicted octanol–water partition coefficient (Wildman–Crippen LogP) is 2.00. The van der Waals surface area contributed by atoms with Crippen molar-refractivity contribution >= 4 is 28.8 Å². The first-order chi connectivity index (χ1) is 11.6. The van der Waals surface area contributed by atoms with Crippen LogP contribution in [0.1, 0.15) is 27.6 Å². The molecule has 8 nitrogen and oxygen atoms in total. The van der Waals surface area contributed by atoms with Gasteiger partial charge >= 0.3 is 5.43 Å². The van der Waals surface area contributed by atoms with Crippen LogP contribution in [0.4, 0.5) is 4.79 Å². The zero-order valence-electron chi connectivity index (χ0n) is 13.0. The molecule has 0 unspecified atom stereocenters. The molecule has 0 saturated carbocycles. The molecule has 130 valence electrons. The summed E-state index contributed by atoms with van der Waals surface area (Å²) in [6, 6.07) is 4.53. The number of ether oxygens (including phenoxy) is 3. The molecule has 2 rings (SSSR count). The van der Waals surface area contributed by atoms with Crippen molar-refractivity contribution in [3.63, 3.8) is 0 Å². The lowest BCUT2D eigenvalue weighted by Gasteiger charge is -2.11. The van der Waals surface area contributed by atoms with Crippen molar-refractivity contribution in [2.24, 2.45) is 0 Å². The van der Waals surface area contributed by atoms with E-state index >= 15 is 0 Å². The van der Waals surface area contributed by atoms with Crippen LogP contribution in [0, 0.1) is 0 Å². The van der Waals surface area contributed by atoms with Crippen LogP contribution in [0.15, 0.2) is 18.2 Å². The van der Waals surface area contributed by atoms with Gasteiger partial charge in [0.15, 0.2) is 0 Å². The number of hydroxylamine groups is 2. The zero-order chi connectivity index (χ0) is 17.5. The average molecular weight is 358 g/mol. The van der Waals surface area contributed by atoms with E-state index in [-0.39, 0.29) is 23.5 Å². The summed E-state index contributed by atoms with van der Waals surface area (Å²) in [4.78, 5) is 39.5. The van der Waals surface area contributed by atoms with Gasteiger partial charge in [-0.3, -0.25) is 9.59 Å². The maximum absolute atomic E-state index is 12.2. The highest BCUT2D eigenvalue weighted by Gasteiger charge is 2.41. The molecule has 2 amide bonds. The molecule has 1 aromatic carbocycles. The topological polar surface area (TPSA) is 91.4 Å². The Morgan fingerprint density at radius 1 is 1.08 bits per heavy atom. The highest BCUT2D eigenvalue weighted by molar-refractivity contribution is 6.61. The second kappa shape index (κ2) is 8.62. The van der Waals surface area contributed by atoms with E-state index in [0.717, 1.165) is 0 Å². The van der Waals surface area contributed by atoms with E-state index in [0.29, 0.717) is 31.5 Å². The van der Waals surface area contributed by atoms with Crippen molar-refractivity contribution in [2.75, 3.05) is 33.0 Å². The van der Waals surface area contributed by atoms with Gasteiger partial charge in [0.25, 0.3) is 11.8 Å². The number of amides is 2. The first-order valence-electron chi connectivity index (χ1n) is 7.23. The summed E-state index contributed by atoms with van der Waals surface area (Å²) in [5, 5.41) is 0.311. The molecule has 0 N–H and O–H groups in total. The van der Waals surface area contributed by atoms with E-state index in [9.17, 15) is 14.4 Å². The molecule has 0 bridgehead atoms. The summed E-state index contributed by atoms with van der Waals surface area (Å²) in [6.45, 7) is 3.90. The first kappa shape index (κ1) is 18.2. The third-order valence-electron chi connectivity index (χ3n) is 3.06. The normalized spacial score (nSPS) is 13.2. The van der Waals surface area contributed by atoms with Crippen LogP contribution in [-0.4, -0.2) is 55.3 Å². The summed E-state index contributed by atoms with van der Waals surface area (Å²) < 4.78 is 15.9. The molecular formula is C15H16ClNO7. The maximum Gasteiger partial charge on any atom is 0.428 e. The van der Waals surface area contributed by atoms with Crippen LogP contribution in [0.5, 0.6) is 5.75 Å². The van der Waals surface area contributed by atoms with Crippen molar-refractivity contribution < 1.29 is 33.4 Å². The smallest absolute Gasteiger partial charge is 0.428 e. The Bertz CT molecular complexity index is 634. The second-order valence-electron chi connectivity index (χ2n) is 4.57. The SMILES string of the molecule is CCOCCOCCOc1cccc2c1C(=O)N(OC(=O)Cl)C2=O. The van der Waals surface area contributed by atoms with Gasteiger partial charge in [0.1, 0.15) is 12.4 Å². The Morgan fingerprint density at radius 3 is 2.50 bits per heavy atom. The lowest BCUT2D eigenvalue weighted by molar-refractivity contribution is -0.0356. The average Bonchev–Trinajstić information content (AvgIpc) is 2.79. The summed E-state index contributed by atoms with van der Waals surface area (Å²) in [5.41, 5.74) is -1.18. The van der Waals surface area contributed by atoms with Gasteiger partial charge in [-0.1, -0.05) is 11.1 Å². The van der Waals surface area contributed by atoms with Crippen molar-refractivity contribution in [1.29, 1.82) is 0 Å². The minimum atomic E-state index is -1.28. The quantitative estimate of drug-likeness (QED) is 0.379. The molecule has 1 aromatic rings. The Balaban J connectivity index is 1.96. The van der Waals surface area contributed by atoms with Gasteiger partial charge in [-0.2, -0.15) is 0 Å². The fraction of sp³-hybridized carbons (Fsp3) is 0.400. The lowest BCUT2D eigenvalue weighted by Crippen LogP contribution is -2.30. The van der Waals surface area contributed by atoms with Gasteiger partial charge in [0.2, 0.25) is 0 Å². The van der Waals surface area contributed by atoms with Crippen molar-refractivity contribution in [2.45, 2.75) is 6.92 Å². The number of halogens is 1. The third kappa shape index (κ3) is 4.22. The monoisotopic (exact) mass is 357 g/mol. The van der Waals surface area contributed by atoms with Crippen LogP contribution in [0.25, 0.3) is 0 Å². The minimum absolute atomic E-state index is 0.0229. The molecule has 1 aliphatic rings. The number of benzene rings is 1. The number of rotatable bonds is 9. The Kier molecular flexibility index (Phi) is 6.53. The molecule has 9 heteroatoms. The van der Waals surface area contributed by atoms with Gasteiger partial charge < -0.3 is 19.0 Å². The Labute approximate surface area is 143 Å². The van der Waals surface area contributed by atoms with E-state index in [1.807, 2.05) is 6.92 Å². The van der Waals surface area contributed by atoms with E-state index in [4.69, 9.17) is 25.8 Å². The van der Waals surface area contributed by atoms with Crippen molar-refractivity contribution in [3.05, 3.63) is 29.3 Å². The van der Waals surface area contributed by atoms with E-state index in [1.165, 1.54) is 12.1 Å². The van der Waals surface area contributed by atoms with Crippen molar-refractivity contribution in [3.8, 4) is 5.75 Å². The van der Waals surface area contributed by atoms with E-state index in [2.05, 4.69) is 4.84 Å². The number of imide groups is 1. The number of fused-ring (bicyclic) bond motifs is 1. The number of nitrogens with zero attached hydrogens (tertiary/aromatic N) is 1. The molecule has 1 aliphatic heterocycles. The largest absolute Gasteiger partial charge is 0.490 e. The van der Waals surface area contributed by atoms with Crippen LogP contribution < -0.4 is 4.74 Å². The maximum atomic E-state index is 12.2. The fourth-order valence-corrected chi connectivity index (χ4v) is 2.15. The summed E-state index contributed by atoms with van der Waals surface area (Å²) in [6.07, 6.45) is 0. The Hall–Kier alpha value is -2.16. The molecule has 0 aliphatic carbocycles. The highest BCUT2D eigenvalue weighted by Crippen LogP contribution is 2.31. The van der Waals surface area contributed by atoms with Gasteiger partial charge in [0.05, 0.1) is 30.9 Å². The predicted molar refractivity (Wildman–Crippen MR) is 82.1 cm³/mol. The molecule has 0 spiro atoms. The number of carbonyl (C=O) groups is 3. The molecule has 1 heterocycles. The number of hydrogen-bond donors (Lipinski definition) is 0. The van der Waals surface area contributed by atoms with E-state index in [1.54, 1.807) is 6.07 Å². The van der Waals surface area contributed by atoms with Crippen LogP contribution >= 0.6 is 11.6 Å². The molecule has 24 heavy (non-hydrogen) atoms. The van der Waals surface area contributed by atoms with Crippen LogP contribution in [0.2, 0.25) is 0 Å². The van der Waals surface area contributed by atoms with Crippen LogP contribution in [-0.2, 0) is 14.3 Å². The summed E-state index contributed by atoms with van der Waals surface area (Å²) in [7, 11) is 0. The second-order valence-corrected chi connectivity index (χ2v) is 4.88. The summed E-state index contributed by atoms with van der Waals surface area (Å²) in [5.74, 6) is -1.38. The van der Waals surface area contributed by atoms with Crippen LogP contribution in [0.3, 0.4) is 0 Å². The minimum Gasteiger partial charge on any atom is -0.490 e. The number of hydrogen-bond acceptors (Lipinski definition) is 7. The molecule has 0 saturated heterocycles. The Morgan fingerprint density at radius 2 is 1.79 bits per heavy atom. The third-order valence-corrected chi connectivity index (χ3v) is 3.13. The standard InChI is InChI=1S/C15H16ClNO7/c1-2-21-6-7-22-8-9-23-11-5-3-4-10-12(11)14(19)17(13(10)18)24-15(16)20/h3-5H,2,6-9H2,1H3. The molecule has 0 atom stereocenters. The number of carbonyl (C=O) groups excluding carboxylic acids is 3. The lowest BCUT2D eigenvalue weighted by atomic mass is 10.1. The van der Waals surface area contributed by atoms with Gasteiger partial charge in [0, 0.05) is 18.2 Å². The van der Waals surface area contributed by atoms with Gasteiger partial charge in [-0.05, 0) is 19.1 Å². The molecule has 0 aromatic heterocycles. The van der Waals surface area contributed by atoms with Crippen molar-refractivity contribution in [1.82, 2.24) is 5.06 Å². The van der Waals surface area contributed by atoms with Gasteiger partial charge in [-0.25, -0.2) is 4.79 Å². The van der Waals surface area contributed by atoms with Gasteiger partial charge in [-0.15, -0.1) is 0 Å².